The third-order valence-corrected chi connectivity index (χ3v) is 11.2. The van der Waals surface area contributed by atoms with Crippen LogP contribution in [-0.4, -0.2) is 154 Å². The Kier molecular flexibility index (Phi) is 15.5. The molecule has 0 spiro atoms. The van der Waals surface area contributed by atoms with Crippen LogP contribution in [0.5, 0.6) is 11.5 Å². The van der Waals surface area contributed by atoms with Crippen LogP contribution in [0.15, 0.2) is 110 Å². The van der Waals surface area contributed by atoms with Gasteiger partial charge in [-0.25, -0.2) is 9.97 Å². The van der Waals surface area contributed by atoms with Gasteiger partial charge in [-0.2, -0.15) is 19.9 Å². The molecule has 6 N–H and O–H groups in total. The number of hydrogen-bond donors (Lipinski definition) is 5. The minimum Gasteiger partial charge on any atom is -0.870 e. The summed E-state index contributed by atoms with van der Waals surface area (Å²) in [5.74, 6) is 1.03. The number of benzene rings is 2. The van der Waals surface area contributed by atoms with Gasteiger partial charge in [-0.1, -0.05) is 0 Å². The Morgan fingerprint density at radius 2 is 0.928 bits per heavy atom. The van der Waals surface area contributed by atoms with Crippen molar-refractivity contribution in [3.8, 4) is 22.9 Å². The monoisotopic (exact) mass is 930 g/mol. The summed E-state index contributed by atoms with van der Waals surface area (Å²) in [6.45, 7) is 5.57. The number of ether oxygens (including phenoxy) is 1. The number of phenolic OH excluding ortho intramolecular Hbond substituents is 2. The summed E-state index contributed by atoms with van der Waals surface area (Å²) in [4.78, 5) is 67.6. The van der Waals surface area contributed by atoms with Gasteiger partial charge in [0.15, 0.2) is 34.0 Å². The van der Waals surface area contributed by atoms with Crippen LogP contribution in [0.4, 0.5) is 34.9 Å². The topological polar surface area (TPSA) is 284 Å². The number of nitrogens with zero attached hydrogens (tertiary/aromatic N) is 14. The summed E-state index contributed by atoms with van der Waals surface area (Å²) in [6.07, 6.45) is 10.1. The zero-order valence-electron chi connectivity index (χ0n) is 37.7. The van der Waals surface area contributed by atoms with E-state index in [0.717, 1.165) is 48.9 Å². The van der Waals surface area contributed by atoms with E-state index < -0.39 is 11.9 Å². The second kappa shape index (κ2) is 22.0. The van der Waals surface area contributed by atoms with Crippen molar-refractivity contribution in [2.24, 2.45) is 0 Å². The van der Waals surface area contributed by atoms with Gasteiger partial charge in [0, 0.05) is 88.5 Å². The molecule has 2 aromatic carbocycles. The quantitative estimate of drug-likeness (QED) is 0.0818. The SMILES string of the molecule is COC(=O)CNc1nc(N2CCN(c3ccc(O)cc3)CC2)nc2c1ncn2-c1ccncc1.O=C(O)CNc1nc(N2CCN(c3ccc(O)cc3)CC2)nc2c1ncn2-c1ccncc1.[Li+].[OH-]. The van der Waals surface area contributed by atoms with E-state index in [0.29, 0.717) is 72.0 Å². The number of phenols is 2. The van der Waals surface area contributed by atoms with Crippen LogP contribution in [-0.2, 0) is 14.3 Å². The second-order valence-corrected chi connectivity index (χ2v) is 15.4. The molecule has 69 heavy (non-hydrogen) atoms. The molecule has 0 amide bonds. The molecule has 10 rings (SSSR count). The van der Waals surface area contributed by atoms with Gasteiger partial charge >= 0.3 is 30.8 Å². The summed E-state index contributed by atoms with van der Waals surface area (Å²) in [5.41, 5.74) is 6.10. The van der Waals surface area contributed by atoms with Crippen LogP contribution in [0.25, 0.3) is 33.7 Å². The maximum atomic E-state index is 11.7. The molecule has 8 heterocycles. The van der Waals surface area contributed by atoms with Gasteiger partial charge in [-0.15, -0.1) is 0 Å². The van der Waals surface area contributed by atoms with E-state index in [1.165, 1.54) is 7.11 Å². The first kappa shape index (κ1) is 48.7. The zero-order valence-corrected chi connectivity index (χ0v) is 37.7. The molecule has 0 unspecified atom stereocenters. The van der Waals surface area contributed by atoms with E-state index in [-0.39, 0.29) is 48.9 Å². The maximum Gasteiger partial charge on any atom is 1.00 e. The van der Waals surface area contributed by atoms with Crippen molar-refractivity contribution in [2.45, 2.75) is 0 Å². The first-order valence-electron chi connectivity index (χ1n) is 21.4. The minimum absolute atomic E-state index is 0. The third kappa shape index (κ3) is 11.1. The van der Waals surface area contributed by atoms with Crippen molar-refractivity contribution in [1.82, 2.24) is 49.0 Å². The first-order chi connectivity index (χ1) is 32.7. The smallest absolute Gasteiger partial charge is 0.870 e. The number of rotatable bonds is 12. The number of nitrogens with one attached hydrogen (secondary N) is 2. The molecule has 2 aliphatic rings. The molecule has 8 aromatic rings. The normalized spacial score (nSPS) is 13.5. The molecule has 350 valence electrons. The number of hydrogen-bond acceptors (Lipinski definition) is 20. The average Bonchev–Trinajstić information content (AvgIpc) is 4.01. The largest absolute Gasteiger partial charge is 1.00 e. The molecule has 0 aliphatic carbocycles. The van der Waals surface area contributed by atoms with Crippen molar-refractivity contribution in [1.29, 1.82) is 0 Å². The zero-order chi connectivity index (χ0) is 46.3. The number of carboxylic acid groups (broad SMARTS) is 1. The fourth-order valence-electron chi connectivity index (χ4n) is 7.74. The van der Waals surface area contributed by atoms with Gasteiger partial charge in [0.2, 0.25) is 11.9 Å². The molecule has 2 aliphatic heterocycles. The Bertz CT molecular complexity index is 2970. The van der Waals surface area contributed by atoms with Gasteiger partial charge in [0.25, 0.3) is 0 Å². The fourth-order valence-corrected chi connectivity index (χ4v) is 7.74. The fraction of sp³-hybridized carbons (Fsp3) is 0.244. The summed E-state index contributed by atoms with van der Waals surface area (Å²) in [7, 11) is 1.34. The van der Waals surface area contributed by atoms with Gasteiger partial charge in [-0.05, 0) is 72.8 Å². The van der Waals surface area contributed by atoms with E-state index in [4.69, 9.17) is 24.8 Å². The molecule has 6 aromatic heterocycles. The van der Waals surface area contributed by atoms with E-state index in [9.17, 15) is 19.8 Å². The Morgan fingerprint density at radius 3 is 1.30 bits per heavy atom. The Hall–Kier alpha value is -8.26. The van der Waals surface area contributed by atoms with Gasteiger partial charge in [-0.3, -0.25) is 28.7 Å². The summed E-state index contributed by atoms with van der Waals surface area (Å²) in [5, 5.41) is 34.1. The number of fused-ring (bicyclic) bond motifs is 2. The van der Waals surface area contributed by atoms with Crippen molar-refractivity contribution in [2.75, 3.05) is 103 Å². The Balaban J connectivity index is 0.000000198. The van der Waals surface area contributed by atoms with Crippen molar-refractivity contribution >= 4 is 69.2 Å². The Labute approximate surface area is 406 Å². The summed E-state index contributed by atoms with van der Waals surface area (Å²) in [6, 6.07) is 21.8. The molecule has 0 bridgehead atoms. The third-order valence-electron chi connectivity index (χ3n) is 11.2. The molecular formula is C45H47LiN16O7. The number of aromatic nitrogens is 10. The number of aromatic hydroxyl groups is 2. The van der Waals surface area contributed by atoms with Crippen molar-refractivity contribution in [3.05, 3.63) is 110 Å². The second-order valence-electron chi connectivity index (χ2n) is 15.4. The predicted octanol–water partition coefficient (Wildman–Crippen LogP) is 0.394. The minimum atomic E-state index is -0.987. The maximum absolute atomic E-state index is 11.7. The standard InChI is InChI=1S/C23H24N8O3.C22H22N8O3.Li.H2O/c1-34-19(33)14-25-21-20-22(31(15-26-20)17-6-8-24-9-7-17)28-23(27-21)30-12-10-29(11-13-30)16-2-4-18(32)5-3-16;31-17-3-1-15(2-4-17)28-9-11-29(12-10-28)22-26-20(24-13-18(32)33)19-21(27-22)30(14-25-19)16-5-7-23-8-6-16;;/h2-9,15,32H,10-14H2,1H3,(H,25,27,28);1-8,14,31H,9-13H2,(H,32,33)(H,24,26,27);;1H2/q;;+1;/p-1. The molecule has 2 saturated heterocycles. The van der Waals surface area contributed by atoms with Crippen LogP contribution in [0.2, 0.25) is 0 Å². The molecule has 0 saturated carbocycles. The first-order valence-corrected chi connectivity index (χ1v) is 21.4. The van der Waals surface area contributed by atoms with Gasteiger partial charge in [0.05, 0.1) is 18.5 Å². The average molecular weight is 931 g/mol. The van der Waals surface area contributed by atoms with E-state index in [1.54, 1.807) is 61.7 Å². The number of imidazole rings is 2. The van der Waals surface area contributed by atoms with E-state index in [1.807, 2.05) is 57.7 Å². The Morgan fingerprint density at radius 1 is 0.551 bits per heavy atom. The molecule has 23 nitrogen and oxygen atoms in total. The number of pyridine rings is 2. The number of carboxylic acids is 1. The van der Waals surface area contributed by atoms with E-state index in [2.05, 4.69) is 55.2 Å². The number of anilines is 6. The molecule has 0 atom stereocenters. The summed E-state index contributed by atoms with van der Waals surface area (Å²) < 4.78 is 8.46. The number of esters is 1. The van der Waals surface area contributed by atoms with Gasteiger partial charge < -0.3 is 55.8 Å². The van der Waals surface area contributed by atoms with E-state index >= 15 is 0 Å². The van der Waals surface area contributed by atoms with Crippen molar-refractivity contribution in [3.63, 3.8) is 0 Å². The van der Waals surface area contributed by atoms with Crippen LogP contribution in [0.1, 0.15) is 0 Å². The van der Waals surface area contributed by atoms with Crippen LogP contribution in [0, 0.1) is 0 Å². The van der Waals surface area contributed by atoms with Gasteiger partial charge in [0.1, 0.15) is 37.2 Å². The predicted molar refractivity (Wildman–Crippen MR) is 253 cm³/mol. The molecule has 2 fully saturated rings. The van der Waals surface area contributed by atoms with Crippen molar-refractivity contribution < 1.29 is 54.0 Å². The number of carbonyl (C=O) groups excluding carboxylic acids is 1. The van der Waals surface area contributed by atoms with Crippen LogP contribution < -0.4 is 49.1 Å². The number of carbonyl (C=O) groups is 2. The molecule has 24 heteroatoms. The van der Waals surface area contributed by atoms with Crippen LogP contribution >= 0.6 is 0 Å². The number of methoxy groups -OCH3 is 1. The van der Waals surface area contributed by atoms with Crippen LogP contribution in [0.3, 0.4) is 0 Å². The molecule has 0 radical (unpaired) electrons. The number of piperazine rings is 2. The molecular weight excluding hydrogens is 884 g/mol. The number of aliphatic carboxylic acids is 1. The summed E-state index contributed by atoms with van der Waals surface area (Å²) >= 11 is 0.